The fourth-order valence-electron chi connectivity index (χ4n) is 3.00. The fraction of sp³-hybridized carbons (Fsp3) is 0.353. The number of hydrogen-bond donors (Lipinski definition) is 1. The average molecular weight is 360 g/mol. The molecule has 0 atom stereocenters. The molecule has 1 fully saturated rings. The van der Waals surface area contributed by atoms with E-state index in [0.717, 1.165) is 37.6 Å². The van der Waals surface area contributed by atoms with Crippen LogP contribution in [0.3, 0.4) is 0 Å². The van der Waals surface area contributed by atoms with Gasteiger partial charge in [0.2, 0.25) is 5.91 Å². The molecule has 0 unspecified atom stereocenters. The number of carbonyl (C=O) groups excluding carboxylic acids is 1. The SMILES string of the molecule is NC(=O)CN1CCN(Cc2ccc(-c3ccccc3[N+](=O)[O-])s2)CC1. The van der Waals surface area contributed by atoms with Crippen molar-refractivity contribution in [2.24, 2.45) is 5.73 Å². The van der Waals surface area contributed by atoms with E-state index in [9.17, 15) is 14.9 Å². The third-order valence-electron chi connectivity index (χ3n) is 4.25. The Labute approximate surface area is 149 Å². The molecule has 8 heteroatoms. The number of nitro benzene ring substituents is 1. The first-order valence-electron chi connectivity index (χ1n) is 8.08. The molecule has 132 valence electrons. The van der Waals surface area contributed by atoms with Crippen LogP contribution < -0.4 is 5.73 Å². The lowest BCUT2D eigenvalue weighted by molar-refractivity contribution is -0.384. The van der Waals surface area contributed by atoms with Crippen molar-refractivity contribution < 1.29 is 9.72 Å². The van der Waals surface area contributed by atoms with Gasteiger partial charge in [0, 0.05) is 48.5 Å². The molecule has 0 aliphatic carbocycles. The van der Waals surface area contributed by atoms with E-state index in [4.69, 9.17) is 5.73 Å². The van der Waals surface area contributed by atoms with Crippen molar-refractivity contribution in [2.75, 3.05) is 32.7 Å². The number of para-hydroxylation sites is 1. The smallest absolute Gasteiger partial charge is 0.278 e. The summed E-state index contributed by atoms with van der Waals surface area (Å²) >= 11 is 1.59. The highest BCUT2D eigenvalue weighted by molar-refractivity contribution is 7.15. The molecule has 1 aliphatic rings. The van der Waals surface area contributed by atoms with Gasteiger partial charge in [-0.2, -0.15) is 0 Å². The van der Waals surface area contributed by atoms with Gasteiger partial charge in [-0.1, -0.05) is 12.1 Å². The minimum atomic E-state index is -0.341. The quantitative estimate of drug-likeness (QED) is 0.628. The maximum Gasteiger partial charge on any atom is 0.278 e. The second-order valence-corrected chi connectivity index (χ2v) is 7.23. The van der Waals surface area contributed by atoms with Gasteiger partial charge in [0.25, 0.3) is 5.69 Å². The van der Waals surface area contributed by atoms with E-state index in [2.05, 4.69) is 9.80 Å². The van der Waals surface area contributed by atoms with Gasteiger partial charge in [0.15, 0.2) is 0 Å². The van der Waals surface area contributed by atoms with E-state index < -0.39 is 0 Å². The van der Waals surface area contributed by atoms with Crippen LogP contribution in [0.25, 0.3) is 10.4 Å². The molecule has 1 aliphatic heterocycles. The van der Waals surface area contributed by atoms with Gasteiger partial charge in [-0.25, -0.2) is 0 Å². The highest BCUT2D eigenvalue weighted by Gasteiger charge is 2.20. The largest absolute Gasteiger partial charge is 0.369 e. The van der Waals surface area contributed by atoms with Crippen molar-refractivity contribution in [3.63, 3.8) is 0 Å². The number of piperazine rings is 1. The Bertz CT molecular complexity index is 769. The van der Waals surface area contributed by atoms with Crippen LogP contribution >= 0.6 is 11.3 Å². The average Bonchev–Trinajstić information content (AvgIpc) is 3.04. The molecule has 25 heavy (non-hydrogen) atoms. The predicted octanol–water partition coefficient (Wildman–Crippen LogP) is 1.93. The number of nitrogens with two attached hydrogens (primary N) is 1. The van der Waals surface area contributed by atoms with Crippen molar-refractivity contribution in [1.82, 2.24) is 9.80 Å². The number of amides is 1. The summed E-state index contributed by atoms with van der Waals surface area (Å²) in [5.41, 5.74) is 6.03. The molecular formula is C17H20N4O3S. The lowest BCUT2D eigenvalue weighted by Gasteiger charge is -2.33. The van der Waals surface area contributed by atoms with Crippen LogP contribution in [-0.2, 0) is 11.3 Å². The van der Waals surface area contributed by atoms with Gasteiger partial charge < -0.3 is 5.73 Å². The number of hydrogen-bond acceptors (Lipinski definition) is 6. The first-order chi connectivity index (χ1) is 12.0. The first kappa shape index (κ1) is 17.5. The highest BCUT2D eigenvalue weighted by atomic mass is 32.1. The molecule has 2 heterocycles. The van der Waals surface area contributed by atoms with Crippen molar-refractivity contribution >= 4 is 22.9 Å². The molecule has 0 spiro atoms. The van der Waals surface area contributed by atoms with E-state index in [1.807, 2.05) is 18.2 Å². The van der Waals surface area contributed by atoms with Crippen molar-refractivity contribution in [1.29, 1.82) is 0 Å². The summed E-state index contributed by atoms with van der Waals surface area (Å²) in [6.45, 7) is 4.54. The number of benzene rings is 1. The molecule has 3 rings (SSSR count). The maximum absolute atomic E-state index is 11.2. The molecule has 0 saturated carbocycles. The van der Waals surface area contributed by atoms with Crippen LogP contribution in [0.5, 0.6) is 0 Å². The third-order valence-corrected chi connectivity index (χ3v) is 5.35. The summed E-state index contributed by atoms with van der Waals surface area (Å²) in [4.78, 5) is 28.3. The fourth-order valence-corrected chi connectivity index (χ4v) is 4.08. The summed E-state index contributed by atoms with van der Waals surface area (Å²) in [6.07, 6.45) is 0. The first-order valence-corrected chi connectivity index (χ1v) is 8.90. The Kier molecular flexibility index (Phi) is 5.42. The number of nitrogens with zero attached hydrogens (tertiary/aromatic N) is 3. The van der Waals surface area contributed by atoms with Crippen LogP contribution in [0, 0.1) is 10.1 Å². The summed E-state index contributed by atoms with van der Waals surface area (Å²) in [5.74, 6) is -0.291. The van der Waals surface area contributed by atoms with Gasteiger partial charge in [-0.15, -0.1) is 11.3 Å². The number of nitro groups is 1. The van der Waals surface area contributed by atoms with Crippen LogP contribution in [0.15, 0.2) is 36.4 Å². The second kappa shape index (κ2) is 7.73. The summed E-state index contributed by atoms with van der Waals surface area (Å²) in [6, 6.07) is 10.8. The Morgan fingerprint density at radius 2 is 1.80 bits per heavy atom. The second-order valence-electron chi connectivity index (χ2n) is 6.06. The van der Waals surface area contributed by atoms with E-state index in [1.54, 1.807) is 23.5 Å². The maximum atomic E-state index is 11.2. The summed E-state index contributed by atoms with van der Waals surface area (Å²) in [5, 5.41) is 11.2. The third kappa shape index (κ3) is 4.41. The lowest BCUT2D eigenvalue weighted by Crippen LogP contribution is -2.48. The zero-order valence-corrected chi connectivity index (χ0v) is 14.6. The van der Waals surface area contributed by atoms with Crippen LogP contribution in [0.2, 0.25) is 0 Å². The Balaban J connectivity index is 1.64. The normalized spacial score (nSPS) is 16.0. The number of rotatable bonds is 6. The number of carbonyl (C=O) groups is 1. The minimum Gasteiger partial charge on any atom is -0.369 e. The van der Waals surface area contributed by atoms with Gasteiger partial charge >= 0.3 is 0 Å². The topological polar surface area (TPSA) is 92.7 Å². The van der Waals surface area contributed by atoms with Crippen LogP contribution in [0.1, 0.15) is 4.88 Å². The van der Waals surface area contributed by atoms with E-state index in [1.165, 1.54) is 10.9 Å². The molecule has 1 amide bonds. The van der Waals surface area contributed by atoms with Crippen molar-refractivity contribution in [2.45, 2.75) is 6.54 Å². The molecular weight excluding hydrogens is 340 g/mol. The van der Waals surface area contributed by atoms with Gasteiger partial charge in [-0.3, -0.25) is 24.7 Å². The number of thiophene rings is 1. The standard InChI is InChI=1S/C17H20N4O3S/c18-17(22)12-20-9-7-19(8-10-20)11-13-5-6-16(25-13)14-3-1-2-4-15(14)21(23)24/h1-6H,7-12H2,(H2,18,22). The monoisotopic (exact) mass is 360 g/mol. The molecule has 7 nitrogen and oxygen atoms in total. The Hall–Kier alpha value is -2.29. The Morgan fingerprint density at radius 3 is 2.48 bits per heavy atom. The van der Waals surface area contributed by atoms with E-state index in [0.29, 0.717) is 12.1 Å². The molecule has 2 N–H and O–H groups in total. The molecule has 0 bridgehead atoms. The van der Waals surface area contributed by atoms with Gasteiger partial charge in [0.05, 0.1) is 17.0 Å². The van der Waals surface area contributed by atoms with E-state index in [-0.39, 0.29) is 16.5 Å². The molecule has 2 aromatic rings. The predicted molar refractivity (Wildman–Crippen MR) is 97.3 cm³/mol. The van der Waals surface area contributed by atoms with Crippen molar-refractivity contribution in [3.8, 4) is 10.4 Å². The molecule has 1 saturated heterocycles. The van der Waals surface area contributed by atoms with Gasteiger partial charge in [-0.05, 0) is 18.2 Å². The minimum absolute atomic E-state index is 0.135. The molecule has 1 aromatic carbocycles. The van der Waals surface area contributed by atoms with Gasteiger partial charge in [0.1, 0.15) is 0 Å². The van der Waals surface area contributed by atoms with Crippen molar-refractivity contribution in [3.05, 3.63) is 51.4 Å². The van der Waals surface area contributed by atoms with E-state index >= 15 is 0 Å². The summed E-state index contributed by atoms with van der Waals surface area (Å²) in [7, 11) is 0. The zero-order valence-electron chi connectivity index (χ0n) is 13.8. The molecule has 1 aromatic heterocycles. The van der Waals surface area contributed by atoms with Crippen LogP contribution in [0.4, 0.5) is 5.69 Å². The number of primary amides is 1. The molecule has 0 radical (unpaired) electrons. The Morgan fingerprint density at radius 1 is 1.12 bits per heavy atom. The zero-order chi connectivity index (χ0) is 17.8. The van der Waals surface area contributed by atoms with Crippen LogP contribution in [-0.4, -0.2) is 53.4 Å². The summed E-state index contributed by atoms with van der Waals surface area (Å²) < 4.78 is 0. The highest BCUT2D eigenvalue weighted by Crippen LogP contribution is 2.35. The lowest BCUT2D eigenvalue weighted by atomic mass is 10.1.